The second-order valence-corrected chi connectivity index (χ2v) is 3.78. The Hall–Kier alpha value is -1.57. The Kier molecular flexibility index (Phi) is 6.00. The van der Waals surface area contributed by atoms with Crippen molar-refractivity contribution in [3.63, 3.8) is 0 Å². The summed E-state index contributed by atoms with van der Waals surface area (Å²) in [5, 5.41) is 8.44. The molecule has 0 atom stereocenters. The van der Waals surface area contributed by atoms with E-state index in [-0.39, 0.29) is 6.42 Å². The molecule has 2 heteroatoms. The van der Waals surface area contributed by atoms with Crippen molar-refractivity contribution in [2.45, 2.75) is 32.1 Å². The molecule has 0 bridgehead atoms. The highest BCUT2D eigenvalue weighted by Crippen LogP contribution is 2.04. The van der Waals surface area contributed by atoms with Gasteiger partial charge in [-0.2, -0.15) is 0 Å². The van der Waals surface area contributed by atoms with Crippen LogP contribution in [0.5, 0.6) is 0 Å². The Labute approximate surface area is 96.6 Å². The van der Waals surface area contributed by atoms with E-state index >= 15 is 0 Å². The lowest BCUT2D eigenvalue weighted by Gasteiger charge is -1.96. The van der Waals surface area contributed by atoms with Crippen LogP contribution in [-0.4, -0.2) is 11.1 Å². The van der Waals surface area contributed by atoms with Crippen molar-refractivity contribution < 1.29 is 9.90 Å². The number of hydrogen-bond acceptors (Lipinski definition) is 1. The van der Waals surface area contributed by atoms with Crippen LogP contribution in [-0.2, 0) is 11.2 Å². The monoisotopic (exact) mass is 218 g/mol. The highest BCUT2D eigenvalue weighted by molar-refractivity contribution is 5.66. The van der Waals surface area contributed by atoms with E-state index in [1.165, 1.54) is 5.56 Å². The number of carboxylic acid groups (broad SMARTS) is 1. The lowest BCUT2D eigenvalue weighted by atomic mass is 10.1. The van der Waals surface area contributed by atoms with Gasteiger partial charge in [-0.25, -0.2) is 0 Å². The first-order chi connectivity index (χ1) is 7.79. The summed E-state index contributed by atoms with van der Waals surface area (Å²) in [6.07, 6.45) is 8.15. The van der Waals surface area contributed by atoms with Gasteiger partial charge in [-0.15, -0.1) is 0 Å². The molecule has 16 heavy (non-hydrogen) atoms. The molecule has 0 radical (unpaired) electrons. The Balaban J connectivity index is 2.07. The van der Waals surface area contributed by atoms with Crippen molar-refractivity contribution >= 4 is 5.97 Å². The first-order valence-corrected chi connectivity index (χ1v) is 5.70. The number of rotatable bonds is 7. The summed E-state index contributed by atoms with van der Waals surface area (Å²) in [4.78, 5) is 10.2. The van der Waals surface area contributed by atoms with E-state index in [1.54, 1.807) is 0 Å². The third kappa shape index (κ3) is 6.02. The zero-order chi connectivity index (χ0) is 11.6. The maximum atomic E-state index is 10.2. The number of carbonyl (C=O) groups is 1. The van der Waals surface area contributed by atoms with Crippen LogP contribution in [0, 0.1) is 0 Å². The Morgan fingerprint density at radius 2 is 1.81 bits per heavy atom. The second kappa shape index (κ2) is 7.69. The molecule has 0 aromatic heterocycles. The zero-order valence-corrected chi connectivity index (χ0v) is 9.43. The van der Waals surface area contributed by atoms with Crippen molar-refractivity contribution in [1.29, 1.82) is 0 Å². The van der Waals surface area contributed by atoms with Gasteiger partial charge >= 0.3 is 5.97 Å². The highest BCUT2D eigenvalue weighted by atomic mass is 16.4. The number of aliphatic carboxylic acids is 1. The van der Waals surface area contributed by atoms with Crippen LogP contribution < -0.4 is 0 Å². The second-order valence-electron chi connectivity index (χ2n) is 3.78. The Bertz CT molecular complexity index is 328. The van der Waals surface area contributed by atoms with E-state index in [0.717, 1.165) is 25.7 Å². The molecule has 0 aliphatic rings. The van der Waals surface area contributed by atoms with Gasteiger partial charge in [0.2, 0.25) is 0 Å². The zero-order valence-electron chi connectivity index (χ0n) is 9.43. The quantitative estimate of drug-likeness (QED) is 0.562. The molecule has 0 unspecified atom stereocenters. The van der Waals surface area contributed by atoms with E-state index in [1.807, 2.05) is 18.2 Å². The van der Waals surface area contributed by atoms with E-state index in [0.29, 0.717) is 0 Å². The van der Waals surface area contributed by atoms with Gasteiger partial charge in [0.1, 0.15) is 0 Å². The average Bonchev–Trinajstić information content (AvgIpc) is 2.29. The minimum absolute atomic E-state index is 0.267. The number of hydrogen-bond donors (Lipinski definition) is 1. The Morgan fingerprint density at radius 3 is 2.50 bits per heavy atom. The third-order valence-corrected chi connectivity index (χ3v) is 2.37. The van der Waals surface area contributed by atoms with Crippen LogP contribution in [0.1, 0.15) is 31.2 Å². The molecule has 86 valence electrons. The summed E-state index contributed by atoms with van der Waals surface area (Å²) in [7, 11) is 0. The first-order valence-electron chi connectivity index (χ1n) is 5.70. The van der Waals surface area contributed by atoms with E-state index in [4.69, 9.17) is 5.11 Å². The average molecular weight is 218 g/mol. The number of benzene rings is 1. The van der Waals surface area contributed by atoms with Crippen molar-refractivity contribution in [1.82, 2.24) is 0 Å². The molecule has 0 aliphatic heterocycles. The normalized spacial score (nSPS) is 10.8. The van der Waals surface area contributed by atoms with E-state index in [2.05, 4.69) is 24.3 Å². The molecule has 1 aromatic rings. The van der Waals surface area contributed by atoms with Gasteiger partial charge in [0.15, 0.2) is 0 Å². The molecular weight excluding hydrogens is 200 g/mol. The molecule has 1 rings (SSSR count). The molecule has 2 nitrogen and oxygen atoms in total. The minimum Gasteiger partial charge on any atom is -0.481 e. The number of carboxylic acids is 1. The van der Waals surface area contributed by atoms with Gasteiger partial charge in [0.05, 0.1) is 0 Å². The molecule has 0 aliphatic carbocycles. The maximum Gasteiger partial charge on any atom is 0.303 e. The summed E-state index contributed by atoms with van der Waals surface area (Å²) >= 11 is 0. The predicted molar refractivity (Wildman–Crippen MR) is 65.4 cm³/mol. The standard InChI is InChI=1S/C14H18O2/c15-14(16)12-8-3-1-2-5-9-13-10-6-4-7-11-13/h1-2,4,6-7,10-11H,3,5,8-9,12H2,(H,15,16). The summed E-state index contributed by atoms with van der Waals surface area (Å²) in [6, 6.07) is 10.4. The van der Waals surface area contributed by atoms with Crippen LogP contribution in [0.4, 0.5) is 0 Å². The lowest BCUT2D eigenvalue weighted by Crippen LogP contribution is -1.92. The van der Waals surface area contributed by atoms with Crippen LogP contribution in [0.25, 0.3) is 0 Å². The molecule has 0 amide bonds. The highest BCUT2D eigenvalue weighted by Gasteiger charge is 1.93. The van der Waals surface area contributed by atoms with Gasteiger partial charge in [-0.1, -0.05) is 42.5 Å². The van der Waals surface area contributed by atoms with Crippen molar-refractivity contribution in [3.05, 3.63) is 48.0 Å². The van der Waals surface area contributed by atoms with Crippen molar-refractivity contribution in [3.8, 4) is 0 Å². The van der Waals surface area contributed by atoms with Gasteiger partial charge in [0, 0.05) is 6.42 Å². The summed E-state index contributed by atoms with van der Waals surface area (Å²) < 4.78 is 0. The molecule has 0 heterocycles. The van der Waals surface area contributed by atoms with Crippen molar-refractivity contribution in [2.75, 3.05) is 0 Å². The summed E-state index contributed by atoms with van der Waals surface area (Å²) in [6.45, 7) is 0. The van der Waals surface area contributed by atoms with Crippen molar-refractivity contribution in [2.24, 2.45) is 0 Å². The minimum atomic E-state index is -0.710. The summed E-state index contributed by atoms with van der Waals surface area (Å²) in [5.41, 5.74) is 1.35. The van der Waals surface area contributed by atoms with Gasteiger partial charge in [0.25, 0.3) is 0 Å². The maximum absolute atomic E-state index is 10.2. The van der Waals surface area contributed by atoms with Gasteiger partial charge in [-0.3, -0.25) is 4.79 Å². The third-order valence-electron chi connectivity index (χ3n) is 2.37. The number of unbranched alkanes of at least 4 members (excludes halogenated alkanes) is 1. The molecule has 0 saturated heterocycles. The Morgan fingerprint density at radius 1 is 1.12 bits per heavy atom. The van der Waals surface area contributed by atoms with Crippen LogP contribution in [0.15, 0.2) is 42.5 Å². The van der Waals surface area contributed by atoms with Crippen LogP contribution >= 0.6 is 0 Å². The van der Waals surface area contributed by atoms with Crippen LogP contribution in [0.2, 0.25) is 0 Å². The topological polar surface area (TPSA) is 37.3 Å². The fourth-order valence-corrected chi connectivity index (χ4v) is 1.50. The fraction of sp³-hybridized carbons (Fsp3) is 0.357. The molecule has 0 fully saturated rings. The molecule has 0 saturated carbocycles. The molecule has 0 spiro atoms. The number of allylic oxidation sites excluding steroid dienone is 2. The largest absolute Gasteiger partial charge is 0.481 e. The summed E-state index contributed by atoms with van der Waals surface area (Å²) in [5.74, 6) is -0.710. The first kappa shape index (κ1) is 12.5. The smallest absolute Gasteiger partial charge is 0.303 e. The van der Waals surface area contributed by atoms with E-state index in [9.17, 15) is 4.79 Å². The molecule has 1 aromatic carbocycles. The number of aryl methyl sites for hydroxylation is 1. The van der Waals surface area contributed by atoms with E-state index < -0.39 is 5.97 Å². The predicted octanol–water partition coefficient (Wildman–Crippen LogP) is 3.43. The van der Waals surface area contributed by atoms with Gasteiger partial charge in [-0.05, 0) is 31.2 Å². The SMILES string of the molecule is O=C(O)CCCC=CCCc1ccccc1. The van der Waals surface area contributed by atoms with Gasteiger partial charge < -0.3 is 5.11 Å². The molecular formula is C14H18O2. The van der Waals surface area contributed by atoms with Crippen LogP contribution in [0.3, 0.4) is 0 Å². The fourth-order valence-electron chi connectivity index (χ4n) is 1.50. The lowest BCUT2D eigenvalue weighted by molar-refractivity contribution is -0.137. The molecule has 1 N–H and O–H groups in total.